The third-order valence-corrected chi connectivity index (χ3v) is 2.31. The van der Waals surface area contributed by atoms with Crippen LogP contribution in [0.5, 0.6) is 0 Å². The summed E-state index contributed by atoms with van der Waals surface area (Å²) in [5.41, 5.74) is 8.60. The predicted octanol–water partition coefficient (Wildman–Crippen LogP) is 2.42. The Hall–Kier alpha value is -2.86. The van der Waals surface area contributed by atoms with Gasteiger partial charge in [0.2, 0.25) is 5.91 Å². The molecule has 0 fully saturated rings. The highest BCUT2D eigenvalue weighted by molar-refractivity contribution is 5.91. The van der Waals surface area contributed by atoms with Crippen molar-refractivity contribution in [3.8, 4) is 0 Å². The smallest absolute Gasteiger partial charge is 0.270 e. The molecule has 0 saturated carbocycles. The number of rotatable bonds is 7. The third-order valence-electron chi connectivity index (χ3n) is 2.31. The molecular formula is C12H13N5O3. The monoisotopic (exact) mass is 275 g/mol. The van der Waals surface area contributed by atoms with E-state index in [1.54, 1.807) is 12.1 Å². The summed E-state index contributed by atoms with van der Waals surface area (Å²) in [7, 11) is 0. The van der Waals surface area contributed by atoms with E-state index in [1.807, 2.05) is 0 Å². The van der Waals surface area contributed by atoms with E-state index < -0.39 is 4.92 Å². The molecule has 104 valence electrons. The Balaban J connectivity index is 2.46. The maximum atomic E-state index is 11.4. The number of carbonyl (C=O) groups excluding carboxylic acids is 1. The van der Waals surface area contributed by atoms with E-state index in [0.29, 0.717) is 25.1 Å². The van der Waals surface area contributed by atoms with Crippen LogP contribution in [0.3, 0.4) is 0 Å². The normalized spacial score (nSPS) is 10.0. The molecule has 0 aliphatic heterocycles. The van der Waals surface area contributed by atoms with Crippen LogP contribution in [0.15, 0.2) is 35.5 Å². The minimum Gasteiger partial charge on any atom is -0.353 e. The summed E-state index contributed by atoms with van der Waals surface area (Å²) in [6, 6.07) is 5.98. The minimum absolute atomic E-state index is 0.0260. The SMILES string of the molecule is [N-]=[N+]=NCCCNC(=O)C=Cc1cccc([N+](=O)[O-])c1. The molecule has 0 bridgehead atoms. The zero-order valence-electron chi connectivity index (χ0n) is 10.6. The molecule has 0 atom stereocenters. The number of hydrogen-bond acceptors (Lipinski definition) is 4. The molecule has 1 aromatic carbocycles. The van der Waals surface area contributed by atoms with Gasteiger partial charge in [-0.05, 0) is 23.6 Å². The molecule has 0 unspecified atom stereocenters. The fraction of sp³-hybridized carbons (Fsp3) is 0.250. The molecule has 1 aromatic rings. The second-order valence-electron chi connectivity index (χ2n) is 3.78. The van der Waals surface area contributed by atoms with Crippen molar-refractivity contribution in [2.45, 2.75) is 6.42 Å². The van der Waals surface area contributed by atoms with Crippen molar-refractivity contribution >= 4 is 17.7 Å². The van der Waals surface area contributed by atoms with Gasteiger partial charge < -0.3 is 5.32 Å². The van der Waals surface area contributed by atoms with Gasteiger partial charge in [-0.1, -0.05) is 17.2 Å². The van der Waals surface area contributed by atoms with Gasteiger partial charge in [0.25, 0.3) is 5.69 Å². The van der Waals surface area contributed by atoms with Crippen molar-refractivity contribution in [2.24, 2.45) is 5.11 Å². The molecule has 0 aliphatic rings. The first kappa shape index (κ1) is 15.2. The average Bonchev–Trinajstić information content (AvgIpc) is 2.45. The van der Waals surface area contributed by atoms with Gasteiger partial charge in [-0.15, -0.1) is 0 Å². The van der Waals surface area contributed by atoms with Crippen LogP contribution in [0.25, 0.3) is 16.5 Å². The number of hydrogen-bond donors (Lipinski definition) is 1. The number of benzene rings is 1. The van der Waals surface area contributed by atoms with Crippen LogP contribution in [0.1, 0.15) is 12.0 Å². The van der Waals surface area contributed by atoms with Crippen LogP contribution < -0.4 is 5.32 Å². The van der Waals surface area contributed by atoms with Crippen LogP contribution in [-0.2, 0) is 4.79 Å². The van der Waals surface area contributed by atoms with E-state index in [2.05, 4.69) is 15.3 Å². The number of azide groups is 1. The van der Waals surface area contributed by atoms with E-state index >= 15 is 0 Å². The van der Waals surface area contributed by atoms with E-state index in [9.17, 15) is 14.9 Å². The summed E-state index contributed by atoms with van der Waals surface area (Å²) in [5.74, 6) is -0.308. The van der Waals surface area contributed by atoms with Crippen LogP contribution >= 0.6 is 0 Å². The number of nitrogens with one attached hydrogen (secondary N) is 1. The summed E-state index contributed by atoms with van der Waals surface area (Å²) in [4.78, 5) is 24.1. The van der Waals surface area contributed by atoms with Crippen LogP contribution in [0.4, 0.5) is 5.69 Å². The molecule has 1 rings (SSSR count). The lowest BCUT2D eigenvalue weighted by Crippen LogP contribution is -2.22. The van der Waals surface area contributed by atoms with Crippen molar-refractivity contribution < 1.29 is 9.72 Å². The topological polar surface area (TPSA) is 121 Å². The molecule has 0 saturated heterocycles. The maximum Gasteiger partial charge on any atom is 0.270 e. The zero-order valence-corrected chi connectivity index (χ0v) is 10.6. The second kappa shape index (κ2) is 8.28. The quantitative estimate of drug-likeness (QED) is 0.156. The van der Waals surface area contributed by atoms with Gasteiger partial charge in [0.15, 0.2) is 0 Å². The van der Waals surface area contributed by atoms with Gasteiger partial charge in [-0.2, -0.15) is 0 Å². The Kier molecular flexibility index (Phi) is 6.29. The molecular weight excluding hydrogens is 262 g/mol. The highest BCUT2D eigenvalue weighted by Crippen LogP contribution is 2.13. The van der Waals surface area contributed by atoms with Crippen molar-refractivity contribution in [2.75, 3.05) is 13.1 Å². The number of non-ortho nitro benzene ring substituents is 1. The predicted molar refractivity (Wildman–Crippen MR) is 73.8 cm³/mol. The fourth-order valence-corrected chi connectivity index (χ4v) is 1.38. The summed E-state index contributed by atoms with van der Waals surface area (Å²) in [6.07, 6.45) is 3.35. The van der Waals surface area contributed by atoms with Crippen LogP contribution in [0.2, 0.25) is 0 Å². The largest absolute Gasteiger partial charge is 0.353 e. The first-order valence-corrected chi connectivity index (χ1v) is 5.84. The van der Waals surface area contributed by atoms with Crippen LogP contribution in [-0.4, -0.2) is 23.9 Å². The molecule has 0 heterocycles. The van der Waals surface area contributed by atoms with Gasteiger partial charge in [0.05, 0.1) is 4.92 Å². The highest BCUT2D eigenvalue weighted by Gasteiger charge is 2.03. The Labute approximate surface area is 114 Å². The summed E-state index contributed by atoms with van der Waals surface area (Å²) in [6.45, 7) is 0.725. The van der Waals surface area contributed by atoms with Gasteiger partial charge in [0.1, 0.15) is 0 Å². The van der Waals surface area contributed by atoms with Crippen LogP contribution in [0, 0.1) is 10.1 Å². The van der Waals surface area contributed by atoms with Crippen molar-refractivity contribution in [3.05, 3.63) is 56.5 Å². The Morgan fingerprint density at radius 2 is 2.35 bits per heavy atom. The molecule has 0 aliphatic carbocycles. The van der Waals surface area contributed by atoms with Gasteiger partial charge in [-0.3, -0.25) is 14.9 Å². The summed E-state index contributed by atoms with van der Waals surface area (Å²) in [5, 5.41) is 16.5. The number of amides is 1. The van der Waals surface area contributed by atoms with E-state index in [4.69, 9.17) is 5.53 Å². The Morgan fingerprint density at radius 1 is 1.55 bits per heavy atom. The molecule has 8 nitrogen and oxygen atoms in total. The molecule has 0 radical (unpaired) electrons. The number of carbonyl (C=O) groups is 1. The number of nitro benzene ring substituents is 1. The minimum atomic E-state index is -0.493. The first-order chi connectivity index (χ1) is 9.63. The Bertz CT molecular complexity index is 564. The van der Waals surface area contributed by atoms with E-state index in [0.717, 1.165) is 0 Å². The highest BCUT2D eigenvalue weighted by atomic mass is 16.6. The maximum absolute atomic E-state index is 11.4. The number of nitrogens with zero attached hydrogens (tertiary/aromatic N) is 4. The third kappa shape index (κ3) is 5.65. The lowest BCUT2D eigenvalue weighted by molar-refractivity contribution is -0.384. The molecule has 1 amide bonds. The van der Waals surface area contributed by atoms with E-state index in [1.165, 1.54) is 24.3 Å². The Morgan fingerprint density at radius 3 is 3.05 bits per heavy atom. The fourth-order valence-electron chi connectivity index (χ4n) is 1.38. The van der Waals surface area contributed by atoms with Crippen molar-refractivity contribution in [1.29, 1.82) is 0 Å². The van der Waals surface area contributed by atoms with Crippen molar-refractivity contribution in [1.82, 2.24) is 5.32 Å². The van der Waals surface area contributed by atoms with Gasteiger partial charge >= 0.3 is 0 Å². The molecule has 0 aromatic heterocycles. The standard InChI is InChI=1S/C12H13N5O3/c13-16-15-8-2-7-14-12(18)6-5-10-3-1-4-11(9-10)17(19)20/h1,3-6,9H,2,7-8H2,(H,14,18). The molecule has 0 spiro atoms. The summed E-state index contributed by atoms with van der Waals surface area (Å²) >= 11 is 0. The van der Waals surface area contributed by atoms with E-state index in [-0.39, 0.29) is 11.6 Å². The number of nitro groups is 1. The lowest BCUT2D eigenvalue weighted by atomic mass is 10.2. The molecule has 8 heteroatoms. The van der Waals surface area contributed by atoms with Gasteiger partial charge in [-0.25, -0.2) is 0 Å². The zero-order chi connectivity index (χ0) is 14.8. The first-order valence-electron chi connectivity index (χ1n) is 5.84. The lowest BCUT2D eigenvalue weighted by Gasteiger charge is -1.99. The van der Waals surface area contributed by atoms with Gasteiger partial charge in [0, 0.05) is 36.2 Å². The average molecular weight is 275 g/mol. The van der Waals surface area contributed by atoms with Crippen molar-refractivity contribution in [3.63, 3.8) is 0 Å². The second-order valence-corrected chi connectivity index (χ2v) is 3.78. The molecule has 20 heavy (non-hydrogen) atoms. The molecule has 1 N–H and O–H groups in total. The summed E-state index contributed by atoms with van der Waals surface area (Å²) < 4.78 is 0.